The molecule has 0 radical (unpaired) electrons. The van der Waals surface area contributed by atoms with Crippen LogP contribution in [-0.2, 0) is 22.6 Å². The van der Waals surface area contributed by atoms with Crippen LogP contribution in [0.4, 0.5) is 4.39 Å². The standard InChI is InChI=1S/C28H31FN2O4S/c1-20-5-14-26(36-20)18-30(16-21-6-10-23(29)11-7-21)27(32)19-31(17-25-4-3-15-35-25)28(33)22-8-12-24(34-2)13-9-22/h5-14,25H,3-4,15-19H2,1-2H3. The van der Waals surface area contributed by atoms with Crippen molar-refractivity contribution in [1.29, 1.82) is 0 Å². The van der Waals surface area contributed by atoms with Crippen LogP contribution in [0.3, 0.4) is 0 Å². The largest absolute Gasteiger partial charge is 0.497 e. The predicted molar refractivity (Wildman–Crippen MR) is 138 cm³/mol. The normalized spacial score (nSPS) is 15.0. The molecule has 4 rings (SSSR count). The third-order valence-corrected chi connectivity index (χ3v) is 7.17. The van der Waals surface area contributed by atoms with Crippen LogP contribution < -0.4 is 4.74 Å². The highest BCUT2D eigenvalue weighted by Gasteiger charge is 2.27. The number of ether oxygens (including phenoxy) is 2. The first kappa shape index (κ1) is 25.9. The van der Waals surface area contributed by atoms with Gasteiger partial charge < -0.3 is 19.3 Å². The first-order valence-corrected chi connectivity index (χ1v) is 12.9. The summed E-state index contributed by atoms with van der Waals surface area (Å²) in [5, 5.41) is 0. The molecule has 0 spiro atoms. The number of hydrogen-bond acceptors (Lipinski definition) is 5. The number of amides is 2. The van der Waals surface area contributed by atoms with Crippen molar-refractivity contribution in [2.24, 2.45) is 0 Å². The average molecular weight is 511 g/mol. The number of hydrogen-bond donors (Lipinski definition) is 0. The van der Waals surface area contributed by atoms with Gasteiger partial charge in [-0.25, -0.2) is 4.39 Å². The lowest BCUT2D eigenvalue weighted by Crippen LogP contribution is -2.45. The molecule has 2 aromatic carbocycles. The fourth-order valence-corrected chi connectivity index (χ4v) is 5.14. The van der Waals surface area contributed by atoms with Gasteiger partial charge in [0.2, 0.25) is 5.91 Å². The summed E-state index contributed by atoms with van der Waals surface area (Å²) in [7, 11) is 1.57. The highest BCUT2D eigenvalue weighted by molar-refractivity contribution is 7.11. The van der Waals surface area contributed by atoms with Gasteiger partial charge in [-0.2, -0.15) is 0 Å². The number of carbonyl (C=O) groups excluding carboxylic acids is 2. The number of carbonyl (C=O) groups is 2. The van der Waals surface area contributed by atoms with Crippen molar-refractivity contribution >= 4 is 23.2 Å². The fraction of sp³-hybridized carbons (Fsp3) is 0.357. The van der Waals surface area contributed by atoms with E-state index in [1.165, 1.54) is 12.1 Å². The zero-order chi connectivity index (χ0) is 25.5. The molecule has 1 saturated heterocycles. The van der Waals surface area contributed by atoms with Gasteiger partial charge in [0.15, 0.2) is 0 Å². The topological polar surface area (TPSA) is 59.1 Å². The fourth-order valence-electron chi connectivity index (χ4n) is 4.23. The third-order valence-electron chi connectivity index (χ3n) is 6.18. The van der Waals surface area contributed by atoms with Crippen molar-refractivity contribution in [3.8, 4) is 5.75 Å². The van der Waals surface area contributed by atoms with Crippen LogP contribution in [0.25, 0.3) is 0 Å². The zero-order valence-electron chi connectivity index (χ0n) is 20.6. The predicted octanol–water partition coefficient (Wildman–Crippen LogP) is 5.05. The molecule has 0 bridgehead atoms. The lowest BCUT2D eigenvalue weighted by molar-refractivity contribution is -0.133. The molecule has 2 heterocycles. The summed E-state index contributed by atoms with van der Waals surface area (Å²) in [6.07, 6.45) is 1.71. The van der Waals surface area contributed by atoms with E-state index in [1.807, 2.05) is 19.1 Å². The molecule has 1 unspecified atom stereocenters. The van der Waals surface area contributed by atoms with Crippen LogP contribution in [0, 0.1) is 12.7 Å². The van der Waals surface area contributed by atoms with E-state index < -0.39 is 0 Å². The third kappa shape index (κ3) is 6.92. The summed E-state index contributed by atoms with van der Waals surface area (Å²) in [5.74, 6) is -0.0659. The van der Waals surface area contributed by atoms with Crippen LogP contribution in [0.2, 0.25) is 0 Å². The first-order valence-electron chi connectivity index (χ1n) is 12.0. The van der Waals surface area contributed by atoms with E-state index in [4.69, 9.17) is 9.47 Å². The van der Waals surface area contributed by atoms with Crippen molar-refractivity contribution in [3.05, 3.63) is 87.4 Å². The number of nitrogens with zero attached hydrogens (tertiary/aromatic N) is 2. The Balaban J connectivity index is 1.55. The molecule has 1 atom stereocenters. The van der Waals surface area contributed by atoms with Gasteiger partial charge in [-0.3, -0.25) is 9.59 Å². The quantitative estimate of drug-likeness (QED) is 0.383. The maximum atomic E-state index is 13.6. The Bertz CT molecular complexity index is 1160. The Labute approximate surface area is 215 Å². The van der Waals surface area contributed by atoms with E-state index in [0.717, 1.165) is 28.2 Å². The Hall–Kier alpha value is -3.23. The minimum absolute atomic E-state index is 0.0731. The molecule has 1 aliphatic heterocycles. The summed E-state index contributed by atoms with van der Waals surface area (Å²) in [5.41, 5.74) is 1.31. The number of aryl methyl sites for hydroxylation is 1. The number of halogens is 1. The van der Waals surface area contributed by atoms with E-state index in [0.29, 0.717) is 37.6 Å². The number of benzene rings is 2. The zero-order valence-corrected chi connectivity index (χ0v) is 21.4. The molecule has 0 aliphatic carbocycles. The van der Waals surface area contributed by atoms with E-state index in [2.05, 4.69) is 0 Å². The van der Waals surface area contributed by atoms with Crippen molar-refractivity contribution in [3.63, 3.8) is 0 Å². The smallest absolute Gasteiger partial charge is 0.254 e. The molecule has 1 aromatic heterocycles. The summed E-state index contributed by atoms with van der Waals surface area (Å²) in [6.45, 7) is 3.70. The second kappa shape index (κ2) is 12.1. The maximum absolute atomic E-state index is 13.6. The van der Waals surface area contributed by atoms with Gasteiger partial charge in [-0.15, -0.1) is 11.3 Å². The van der Waals surface area contributed by atoms with Gasteiger partial charge in [0.1, 0.15) is 18.1 Å². The highest BCUT2D eigenvalue weighted by Crippen LogP contribution is 2.21. The Morgan fingerprint density at radius 3 is 2.39 bits per heavy atom. The van der Waals surface area contributed by atoms with Gasteiger partial charge >= 0.3 is 0 Å². The van der Waals surface area contributed by atoms with Gasteiger partial charge in [0.25, 0.3) is 5.91 Å². The van der Waals surface area contributed by atoms with Gasteiger partial charge in [-0.05, 0) is 73.9 Å². The average Bonchev–Trinajstić information content (AvgIpc) is 3.55. The molecule has 1 aliphatic rings. The second-order valence-electron chi connectivity index (χ2n) is 8.94. The lowest BCUT2D eigenvalue weighted by atomic mass is 10.1. The summed E-state index contributed by atoms with van der Waals surface area (Å²) < 4.78 is 24.4. The van der Waals surface area contributed by atoms with E-state index >= 15 is 0 Å². The van der Waals surface area contributed by atoms with Crippen LogP contribution in [0.5, 0.6) is 5.75 Å². The monoisotopic (exact) mass is 510 g/mol. The Morgan fingerprint density at radius 1 is 1.03 bits per heavy atom. The molecule has 2 amide bonds. The maximum Gasteiger partial charge on any atom is 0.254 e. The van der Waals surface area contributed by atoms with Gasteiger partial charge in [-0.1, -0.05) is 12.1 Å². The number of rotatable bonds is 10. The Morgan fingerprint density at radius 2 is 1.78 bits per heavy atom. The van der Waals surface area contributed by atoms with Crippen molar-refractivity contribution in [1.82, 2.24) is 9.80 Å². The lowest BCUT2D eigenvalue weighted by Gasteiger charge is -2.29. The molecule has 190 valence electrons. The summed E-state index contributed by atoms with van der Waals surface area (Å²) in [4.78, 5) is 32.6. The molecular weight excluding hydrogens is 479 g/mol. The highest BCUT2D eigenvalue weighted by atomic mass is 32.1. The molecule has 6 nitrogen and oxygen atoms in total. The van der Waals surface area contributed by atoms with Gasteiger partial charge in [0, 0.05) is 35.0 Å². The van der Waals surface area contributed by atoms with Crippen LogP contribution in [0.1, 0.15) is 38.5 Å². The first-order chi connectivity index (χ1) is 17.4. The molecule has 1 fully saturated rings. The van der Waals surface area contributed by atoms with Crippen molar-refractivity contribution in [2.75, 3.05) is 26.8 Å². The van der Waals surface area contributed by atoms with E-state index in [-0.39, 0.29) is 30.3 Å². The van der Waals surface area contributed by atoms with Crippen LogP contribution >= 0.6 is 11.3 Å². The molecule has 3 aromatic rings. The van der Waals surface area contributed by atoms with Crippen molar-refractivity contribution < 1.29 is 23.5 Å². The summed E-state index contributed by atoms with van der Waals surface area (Å²) in [6, 6.07) is 17.1. The molecule has 8 heteroatoms. The van der Waals surface area contributed by atoms with Crippen molar-refractivity contribution in [2.45, 2.75) is 39.0 Å². The molecule has 0 N–H and O–H groups in total. The van der Waals surface area contributed by atoms with E-state index in [1.54, 1.807) is 64.6 Å². The minimum atomic E-state index is -0.321. The van der Waals surface area contributed by atoms with Crippen LogP contribution in [0.15, 0.2) is 60.7 Å². The number of thiophene rings is 1. The molecule has 36 heavy (non-hydrogen) atoms. The Kier molecular flexibility index (Phi) is 8.72. The second-order valence-corrected chi connectivity index (χ2v) is 10.3. The van der Waals surface area contributed by atoms with Gasteiger partial charge in [0.05, 0.1) is 19.8 Å². The summed E-state index contributed by atoms with van der Waals surface area (Å²) >= 11 is 1.63. The van der Waals surface area contributed by atoms with Crippen LogP contribution in [-0.4, -0.2) is 54.5 Å². The molecular formula is C28H31FN2O4S. The molecule has 0 saturated carbocycles. The minimum Gasteiger partial charge on any atom is -0.497 e. The number of methoxy groups -OCH3 is 1. The SMILES string of the molecule is COc1ccc(C(=O)N(CC(=O)N(Cc2ccc(F)cc2)Cc2ccc(C)s2)CC2CCCO2)cc1. The van der Waals surface area contributed by atoms with E-state index in [9.17, 15) is 14.0 Å².